The Bertz CT molecular complexity index is 1160. The Morgan fingerprint density at radius 2 is 1.81 bits per heavy atom. The van der Waals surface area contributed by atoms with Crippen LogP contribution in [0.15, 0.2) is 16.8 Å². The number of rotatable bonds is 8. The minimum absolute atomic E-state index is 0.0224. The van der Waals surface area contributed by atoms with Gasteiger partial charge in [0.25, 0.3) is 5.91 Å². The zero-order valence-electron chi connectivity index (χ0n) is 26.0. The molecule has 1 heterocycles. The predicted molar refractivity (Wildman–Crippen MR) is 158 cm³/mol. The molecule has 5 rings (SSSR count). The van der Waals surface area contributed by atoms with Gasteiger partial charge in [0, 0.05) is 18.1 Å². The molecule has 0 aromatic rings. The van der Waals surface area contributed by atoms with Gasteiger partial charge < -0.3 is 25.1 Å². The summed E-state index contributed by atoms with van der Waals surface area (Å²) < 4.78 is 5.77. The number of ether oxygens (including phenoxy) is 1. The SMILES string of the molecule is CC(=O)[C@]1(O)CC[C@@H]2[C@@H]3CCC4=C/C(=N\OCC(=O)N[C@H](CC(=O)O)[C@@H]5CCOC(C)(C)C5)CC[C@]4(C)[C@H]3CC[C@@]21C. The molecule has 0 aromatic heterocycles. The van der Waals surface area contributed by atoms with Crippen LogP contribution in [0.3, 0.4) is 0 Å². The maximum Gasteiger partial charge on any atom is 0.305 e. The minimum Gasteiger partial charge on any atom is -0.481 e. The van der Waals surface area contributed by atoms with E-state index in [-0.39, 0.29) is 47.1 Å². The zero-order chi connectivity index (χ0) is 30.5. The van der Waals surface area contributed by atoms with E-state index < -0.39 is 17.6 Å². The highest BCUT2D eigenvalue weighted by Gasteiger charge is 2.65. The number of carboxylic acid groups (broad SMARTS) is 1. The van der Waals surface area contributed by atoms with Crippen LogP contribution < -0.4 is 5.32 Å². The number of hydrogen-bond acceptors (Lipinski definition) is 7. The summed E-state index contributed by atoms with van der Waals surface area (Å²) in [6.07, 6.45) is 10.6. The van der Waals surface area contributed by atoms with Gasteiger partial charge in [-0.2, -0.15) is 0 Å². The van der Waals surface area contributed by atoms with E-state index in [9.17, 15) is 24.6 Å². The van der Waals surface area contributed by atoms with Crippen LogP contribution in [0.2, 0.25) is 0 Å². The van der Waals surface area contributed by atoms with Crippen molar-refractivity contribution in [3.8, 4) is 0 Å². The van der Waals surface area contributed by atoms with E-state index in [1.165, 1.54) is 5.57 Å². The van der Waals surface area contributed by atoms with E-state index >= 15 is 0 Å². The molecule has 42 heavy (non-hydrogen) atoms. The second-order valence-electron chi connectivity index (χ2n) is 14.9. The first-order valence-electron chi connectivity index (χ1n) is 16.0. The molecule has 3 saturated carbocycles. The van der Waals surface area contributed by atoms with Crippen molar-refractivity contribution in [2.45, 2.75) is 122 Å². The third-order valence-electron chi connectivity index (χ3n) is 12.1. The van der Waals surface area contributed by atoms with Crippen LogP contribution in [0.4, 0.5) is 0 Å². The molecule has 0 radical (unpaired) electrons. The van der Waals surface area contributed by atoms with Gasteiger partial charge >= 0.3 is 5.97 Å². The lowest BCUT2D eigenvalue weighted by Crippen LogP contribution is -2.57. The minimum atomic E-state index is -1.19. The average Bonchev–Trinajstić information content (AvgIpc) is 3.19. The lowest BCUT2D eigenvalue weighted by Gasteiger charge is -2.59. The number of oxime groups is 1. The van der Waals surface area contributed by atoms with Gasteiger partial charge in [0.05, 0.1) is 17.7 Å². The van der Waals surface area contributed by atoms with Gasteiger partial charge in [0.2, 0.25) is 0 Å². The normalized spacial score (nSPS) is 40.6. The molecule has 1 aliphatic heterocycles. The van der Waals surface area contributed by atoms with E-state index in [1.807, 2.05) is 13.8 Å². The Kier molecular flexibility index (Phi) is 8.42. The van der Waals surface area contributed by atoms with Gasteiger partial charge in [-0.25, -0.2) is 0 Å². The Labute approximate surface area is 249 Å². The third-order valence-corrected chi connectivity index (χ3v) is 12.1. The number of aliphatic hydroxyl groups is 1. The molecule has 0 spiro atoms. The van der Waals surface area contributed by atoms with Crippen molar-refractivity contribution in [2.75, 3.05) is 13.2 Å². The van der Waals surface area contributed by atoms with Crippen LogP contribution in [0.5, 0.6) is 0 Å². The summed E-state index contributed by atoms with van der Waals surface area (Å²) in [5.74, 6) is 0.0492. The van der Waals surface area contributed by atoms with Crippen LogP contribution in [-0.4, -0.2) is 64.0 Å². The second kappa shape index (κ2) is 11.3. The Morgan fingerprint density at radius 3 is 2.50 bits per heavy atom. The molecular weight excluding hydrogens is 536 g/mol. The molecular formula is C33H50N2O7. The molecule has 0 bridgehead atoms. The van der Waals surface area contributed by atoms with Crippen molar-refractivity contribution >= 4 is 23.4 Å². The van der Waals surface area contributed by atoms with E-state index in [2.05, 4.69) is 30.4 Å². The fourth-order valence-corrected chi connectivity index (χ4v) is 9.81. The number of nitrogens with zero attached hydrogens (tertiary/aromatic N) is 1. The van der Waals surface area contributed by atoms with Crippen LogP contribution in [0, 0.1) is 34.5 Å². The van der Waals surface area contributed by atoms with Crippen LogP contribution in [0.25, 0.3) is 0 Å². The first-order valence-corrected chi connectivity index (χ1v) is 16.0. The number of amides is 1. The fourth-order valence-electron chi connectivity index (χ4n) is 9.81. The highest BCUT2D eigenvalue weighted by atomic mass is 16.6. The number of aliphatic carboxylic acids is 1. The van der Waals surface area contributed by atoms with Gasteiger partial charge in [-0.15, -0.1) is 0 Å². The quantitative estimate of drug-likeness (QED) is 0.348. The molecule has 0 unspecified atom stereocenters. The Balaban J connectivity index is 1.20. The largest absolute Gasteiger partial charge is 0.481 e. The third kappa shape index (κ3) is 5.56. The number of allylic oxidation sites excluding steroid dienone is 2. The van der Waals surface area contributed by atoms with Gasteiger partial charge in [-0.05, 0) is 120 Å². The maximum atomic E-state index is 12.7. The molecule has 234 valence electrons. The number of carbonyl (C=O) groups excluding carboxylic acids is 2. The smallest absolute Gasteiger partial charge is 0.305 e. The maximum absolute atomic E-state index is 12.7. The molecule has 4 aliphatic carbocycles. The number of carboxylic acids is 1. The second-order valence-corrected chi connectivity index (χ2v) is 14.9. The number of nitrogens with one attached hydrogen (secondary N) is 1. The zero-order valence-corrected chi connectivity index (χ0v) is 26.0. The number of fused-ring (bicyclic) bond motifs is 5. The lowest BCUT2D eigenvalue weighted by atomic mass is 9.46. The summed E-state index contributed by atoms with van der Waals surface area (Å²) >= 11 is 0. The topological polar surface area (TPSA) is 135 Å². The van der Waals surface area contributed by atoms with Gasteiger partial charge in [0.15, 0.2) is 12.4 Å². The summed E-state index contributed by atoms with van der Waals surface area (Å²) in [5.41, 5.74) is 0.437. The lowest BCUT2D eigenvalue weighted by molar-refractivity contribution is -0.159. The highest BCUT2D eigenvalue weighted by molar-refractivity contribution is 5.96. The first kappa shape index (κ1) is 31.2. The Morgan fingerprint density at radius 1 is 1.07 bits per heavy atom. The molecule has 5 aliphatic rings. The monoisotopic (exact) mass is 586 g/mol. The van der Waals surface area contributed by atoms with Gasteiger partial charge in [-0.3, -0.25) is 14.4 Å². The van der Waals surface area contributed by atoms with Crippen molar-refractivity contribution in [1.29, 1.82) is 0 Å². The van der Waals surface area contributed by atoms with Crippen molar-refractivity contribution in [3.63, 3.8) is 0 Å². The molecule has 1 amide bonds. The molecule has 1 saturated heterocycles. The number of Topliss-reactive ketones (excluding diaryl/α,β-unsaturated/α-hetero) is 1. The van der Waals surface area contributed by atoms with Crippen LogP contribution >= 0.6 is 0 Å². The van der Waals surface area contributed by atoms with Crippen LogP contribution in [0.1, 0.15) is 105 Å². The first-order chi connectivity index (χ1) is 19.7. The van der Waals surface area contributed by atoms with Crippen LogP contribution in [-0.2, 0) is 24.0 Å². The predicted octanol–water partition coefficient (Wildman–Crippen LogP) is 4.81. The number of hydrogen-bond donors (Lipinski definition) is 3. The highest BCUT2D eigenvalue weighted by Crippen LogP contribution is 2.67. The molecule has 8 atom stereocenters. The molecule has 9 nitrogen and oxygen atoms in total. The summed E-state index contributed by atoms with van der Waals surface area (Å²) in [6.45, 7) is 10.4. The summed E-state index contributed by atoms with van der Waals surface area (Å²) in [5, 5.41) is 28.0. The summed E-state index contributed by atoms with van der Waals surface area (Å²) in [7, 11) is 0. The van der Waals surface area contributed by atoms with Crippen molar-refractivity contribution < 1.29 is 34.2 Å². The van der Waals surface area contributed by atoms with Crippen molar-refractivity contribution in [2.24, 2.45) is 39.7 Å². The van der Waals surface area contributed by atoms with E-state index in [0.717, 1.165) is 50.7 Å². The standard InChI is InChI=1S/C33H50N2O7/c1-20(36)33(40)14-10-26-24-7-6-22-16-23(8-12-31(22,4)25(24)9-13-32(26,33)5)35-42-19-28(37)34-27(17-29(38)39)21-11-15-41-30(2,3)18-21/h16,21,24-27,40H,6-15,17-19H2,1-5H3,(H,34,37)(H,38,39)/b35-23-/t21-,24-,25+,26-,27-,31+,32+,33-/m1/s1. The van der Waals surface area contributed by atoms with Gasteiger partial charge in [-0.1, -0.05) is 24.6 Å². The Hall–Kier alpha value is -2.26. The average molecular weight is 587 g/mol. The molecule has 4 fully saturated rings. The van der Waals surface area contributed by atoms with E-state index in [0.29, 0.717) is 43.6 Å². The summed E-state index contributed by atoms with van der Waals surface area (Å²) in [6, 6.07) is -0.481. The van der Waals surface area contributed by atoms with Crippen molar-refractivity contribution in [3.05, 3.63) is 11.6 Å². The fraction of sp³-hybridized carbons (Fsp3) is 0.818. The number of carbonyl (C=O) groups is 3. The van der Waals surface area contributed by atoms with Gasteiger partial charge in [0.1, 0.15) is 5.60 Å². The van der Waals surface area contributed by atoms with Crippen molar-refractivity contribution in [1.82, 2.24) is 5.32 Å². The number of ketones is 1. The summed E-state index contributed by atoms with van der Waals surface area (Å²) in [4.78, 5) is 42.2. The molecule has 9 heteroatoms. The molecule has 3 N–H and O–H groups in total. The van der Waals surface area contributed by atoms with E-state index in [1.54, 1.807) is 6.92 Å². The van der Waals surface area contributed by atoms with E-state index in [4.69, 9.17) is 9.57 Å². The molecule has 0 aromatic carbocycles.